The van der Waals surface area contributed by atoms with E-state index in [4.69, 9.17) is 5.26 Å². The van der Waals surface area contributed by atoms with E-state index in [0.717, 1.165) is 11.1 Å². The van der Waals surface area contributed by atoms with Crippen molar-refractivity contribution >= 4 is 11.9 Å². The molecule has 1 aliphatic rings. The van der Waals surface area contributed by atoms with Gasteiger partial charge >= 0.3 is 6.03 Å². The molecule has 1 aliphatic heterocycles. The molecule has 0 radical (unpaired) electrons. The van der Waals surface area contributed by atoms with Gasteiger partial charge in [0.2, 0.25) is 5.91 Å². The van der Waals surface area contributed by atoms with E-state index in [1.807, 2.05) is 26.0 Å². The Labute approximate surface area is 148 Å². The van der Waals surface area contributed by atoms with Gasteiger partial charge in [-0.1, -0.05) is 24.3 Å². The first kappa shape index (κ1) is 18.5. The zero-order valence-corrected chi connectivity index (χ0v) is 14.8. The van der Waals surface area contributed by atoms with E-state index in [-0.39, 0.29) is 11.9 Å². The van der Waals surface area contributed by atoms with Crippen molar-refractivity contribution < 1.29 is 9.59 Å². The van der Waals surface area contributed by atoms with Crippen LogP contribution in [0.25, 0.3) is 0 Å². The number of likely N-dealkylation sites (tertiary alicyclic amines) is 1. The summed E-state index contributed by atoms with van der Waals surface area (Å²) in [6, 6.07) is 8.55. The minimum atomic E-state index is -0.481. The van der Waals surface area contributed by atoms with Gasteiger partial charge in [0, 0.05) is 26.2 Å². The highest BCUT2D eigenvalue weighted by Gasteiger charge is 2.33. The lowest BCUT2D eigenvalue weighted by molar-refractivity contribution is -0.129. The minimum Gasteiger partial charge on any atom is -0.336 e. The third kappa shape index (κ3) is 4.83. The number of nitriles is 1. The molecule has 25 heavy (non-hydrogen) atoms. The minimum absolute atomic E-state index is 0.0657. The highest BCUT2D eigenvalue weighted by molar-refractivity contribution is 5.88. The maximum atomic E-state index is 12.5. The molecular formula is C19H24N4O2. The molecule has 3 amide bonds. The Hall–Kier alpha value is -2.81. The summed E-state index contributed by atoms with van der Waals surface area (Å²) >= 11 is 0. The molecule has 1 N–H and O–H groups in total. The van der Waals surface area contributed by atoms with Crippen LogP contribution in [-0.2, 0) is 11.3 Å². The molecule has 1 heterocycles. The van der Waals surface area contributed by atoms with E-state index in [2.05, 4.69) is 18.0 Å². The molecule has 6 heteroatoms. The fourth-order valence-electron chi connectivity index (χ4n) is 2.83. The number of nitrogens with one attached hydrogen (secondary N) is 1. The molecule has 0 aliphatic carbocycles. The molecule has 1 aromatic carbocycles. The highest BCUT2D eigenvalue weighted by atomic mass is 16.2. The lowest BCUT2D eigenvalue weighted by Gasteiger charge is -2.23. The summed E-state index contributed by atoms with van der Waals surface area (Å²) in [5, 5.41) is 11.7. The van der Waals surface area contributed by atoms with Crippen LogP contribution in [0, 0.1) is 11.3 Å². The molecule has 0 bridgehead atoms. The van der Waals surface area contributed by atoms with E-state index in [9.17, 15) is 9.59 Å². The quantitative estimate of drug-likeness (QED) is 0.807. The van der Waals surface area contributed by atoms with Crippen molar-refractivity contribution in [2.45, 2.75) is 32.9 Å². The standard InChI is InChI=1S/C19H24N4O2/c1-4-22(12-14(2)3)19(25)21-17-9-10-23(18(17)24)13-16-7-5-15(11-20)6-8-16/h5-8,17H,2,4,9-10,12-13H2,1,3H3,(H,21,25)/t17-/m1/s1. The van der Waals surface area contributed by atoms with Crippen molar-refractivity contribution in [2.75, 3.05) is 19.6 Å². The smallest absolute Gasteiger partial charge is 0.318 e. The average molecular weight is 340 g/mol. The second-order valence-corrected chi connectivity index (χ2v) is 6.33. The third-order valence-electron chi connectivity index (χ3n) is 4.18. The average Bonchev–Trinajstić information content (AvgIpc) is 2.93. The van der Waals surface area contributed by atoms with Crippen molar-refractivity contribution in [1.29, 1.82) is 5.26 Å². The molecule has 2 rings (SSSR count). The predicted molar refractivity (Wildman–Crippen MR) is 95.6 cm³/mol. The number of hydrogen-bond acceptors (Lipinski definition) is 3. The Balaban J connectivity index is 1.93. The maximum absolute atomic E-state index is 12.5. The number of benzene rings is 1. The molecule has 1 aromatic rings. The monoisotopic (exact) mass is 340 g/mol. The lowest BCUT2D eigenvalue weighted by atomic mass is 10.1. The molecule has 0 unspecified atom stereocenters. The van der Waals surface area contributed by atoms with Crippen molar-refractivity contribution in [3.63, 3.8) is 0 Å². The first-order valence-electron chi connectivity index (χ1n) is 8.42. The number of hydrogen-bond donors (Lipinski definition) is 1. The van der Waals surface area contributed by atoms with Gasteiger partial charge in [-0.3, -0.25) is 4.79 Å². The fourth-order valence-corrected chi connectivity index (χ4v) is 2.83. The predicted octanol–water partition coefficient (Wildman–Crippen LogP) is 2.27. The zero-order valence-electron chi connectivity index (χ0n) is 14.8. The molecule has 0 aromatic heterocycles. The molecule has 0 saturated carbocycles. The fraction of sp³-hybridized carbons (Fsp3) is 0.421. The van der Waals surface area contributed by atoms with Crippen LogP contribution < -0.4 is 5.32 Å². The number of carbonyl (C=O) groups is 2. The molecular weight excluding hydrogens is 316 g/mol. The summed E-state index contributed by atoms with van der Waals surface area (Å²) in [7, 11) is 0. The van der Waals surface area contributed by atoms with Crippen LogP contribution in [0.1, 0.15) is 31.4 Å². The Morgan fingerprint density at radius 3 is 2.68 bits per heavy atom. The Bertz CT molecular complexity index is 690. The van der Waals surface area contributed by atoms with Gasteiger partial charge in [-0.05, 0) is 38.0 Å². The van der Waals surface area contributed by atoms with Gasteiger partial charge in [0.1, 0.15) is 6.04 Å². The van der Waals surface area contributed by atoms with Crippen LogP contribution in [-0.4, -0.2) is 47.4 Å². The van der Waals surface area contributed by atoms with E-state index in [0.29, 0.717) is 38.2 Å². The van der Waals surface area contributed by atoms with Crippen LogP contribution in [0.5, 0.6) is 0 Å². The molecule has 1 fully saturated rings. The number of nitrogens with zero attached hydrogens (tertiary/aromatic N) is 3. The highest BCUT2D eigenvalue weighted by Crippen LogP contribution is 2.16. The number of rotatable bonds is 6. The van der Waals surface area contributed by atoms with Gasteiger partial charge in [0.05, 0.1) is 11.6 Å². The number of amides is 3. The topological polar surface area (TPSA) is 76.4 Å². The largest absolute Gasteiger partial charge is 0.336 e. The first-order chi connectivity index (χ1) is 11.9. The van der Waals surface area contributed by atoms with Crippen molar-refractivity contribution in [3.8, 4) is 6.07 Å². The number of urea groups is 1. The van der Waals surface area contributed by atoms with E-state index in [1.165, 1.54) is 0 Å². The van der Waals surface area contributed by atoms with E-state index >= 15 is 0 Å². The third-order valence-corrected chi connectivity index (χ3v) is 4.18. The van der Waals surface area contributed by atoms with Gasteiger partial charge < -0.3 is 15.1 Å². The summed E-state index contributed by atoms with van der Waals surface area (Å²) in [4.78, 5) is 28.2. The molecule has 0 spiro atoms. The van der Waals surface area contributed by atoms with Crippen molar-refractivity contribution in [1.82, 2.24) is 15.1 Å². The van der Waals surface area contributed by atoms with Crippen LogP contribution in [0.4, 0.5) is 4.79 Å². The van der Waals surface area contributed by atoms with Crippen LogP contribution in [0.3, 0.4) is 0 Å². The van der Waals surface area contributed by atoms with Gasteiger partial charge in [-0.25, -0.2) is 4.79 Å². The van der Waals surface area contributed by atoms with Gasteiger partial charge in [0.15, 0.2) is 0 Å². The normalized spacial score (nSPS) is 16.4. The lowest BCUT2D eigenvalue weighted by Crippen LogP contribution is -2.48. The Morgan fingerprint density at radius 1 is 1.44 bits per heavy atom. The number of likely N-dealkylation sites (N-methyl/N-ethyl adjacent to an activating group) is 1. The summed E-state index contributed by atoms with van der Waals surface area (Å²) < 4.78 is 0. The second kappa shape index (κ2) is 8.34. The molecule has 1 atom stereocenters. The van der Waals surface area contributed by atoms with Gasteiger partial charge in [-0.2, -0.15) is 5.26 Å². The molecule has 132 valence electrons. The second-order valence-electron chi connectivity index (χ2n) is 6.33. The van der Waals surface area contributed by atoms with Gasteiger partial charge in [-0.15, -0.1) is 0 Å². The molecule has 6 nitrogen and oxygen atoms in total. The van der Waals surface area contributed by atoms with Crippen molar-refractivity contribution in [2.24, 2.45) is 0 Å². The SMILES string of the molecule is C=C(C)CN(CC)C(=O)N[C@@H]1CCN(Cc2ccc(C#N)cc2)C1=O. The summed E-state index contributed by atoms with van der Waals surface area (Å²) in [5.74, 6) is -0.0657. The zero-order chi connectivity index (χ0) is 18.4. The van der Waals surface area contributed by atoms with E-state index in [1.54, 1.807) is 21.9 Å². The number of carbonyl (C=O) groups excluding carboxylic acids is 2. The summed E-state index contributed by atoms with van der Waals surface area (Å²) in [5.41, 5.74) is 2.47. The van der Waals surface area contributed by atoms with Crippen molar-refractivity contribution in [3.05, 3.63) is 47.5 Å². The summed E-state index contributed by atoms with van der Waals surface area (Å²) in [6.45, 7) is 9.74. The van der Waals surface area contributed by atoms with Crippen LogP contribution >= 0.6 is 0 Å². The molecule has 1 saturated heterocycles. The first-order valence-corrected chi connectivity index (χ1v) is 8.42. The summed E-state index contributed by atoms with van der Waals surface area (Å²) in [6.07, 6.45) is 0.603. The van der Waals surface area contributed by atoms with E-state index < -0.39 is 6.04 Å². The Kier molecular flexibility index (Phi) is 6.18. The Morgan fingerprint density at radius 2 is 2.12 bits per heavy atom. The van der Waals surface area contributed by atoms with Crippen LogP contribution in [0.15, 0.2) is 36.4 Å². The van der Waals surface area contributed by atoms with Gasteiger partial charge in [0.25, 0.3) is 0 Å². The van der Waals surface area contributed by atoms with Crippen LogP contribution in [0.2, 0.25) is 0 Å². The maximum Gasteiger partial charge on any atom is 0.318 e.